The highest BCUT2D eigenvalue weighted by atomic mass is 19.3. The fourth-order valence-electron chi connectivity index (χ4n) is 9.38. The summed E-state index contributed by atoms with van der Waals surface area (Å²) in [6.45, 7) is 3.73. The molecule has 0 radical (unpaired) electrons. The number of carbonyl (C=O) groups excluding carboxylic acids is 2. The average Bonchev–Trinajstić information content (AvgIpc) is 4.11. The molecule has 8 heterocycles. The molecule has 1 saturated carbocycles. The monoisotopic (exact) mass is 868 g/mol. The number of aliphatic carboxylic acids is 1. The van der Waals surface area contributed by atoms with Gasteiger partial charge < -0.3 is 40.2 Å². The first-order valence-corrected chi connectivity index (χ1v) is 21.6. The van der Waals surface area contributed by atoms with Gasteiger partial charge in [-0.25, -0.2) is 18.3 Å². The molecule has 3 saturated heterocycles. The van der Waals surface area contributed by atoms with E-state index in [4.69, 9.17) is 14.8 Å². The van der Waals surface area contributed by atoms with Crippen molar-refractivity contribution in [3.63, 3.8) is 0 Å². The summed E-state index contributed by atoms with van der Waals surface area (Å²) in [5.74, 6) is -1.07. The fraction of sp³-hybridized carbons (Fsp3) is 0.488. The van der Waals surface area contributed by atoms with Gasteiger partial charge in [-0.05, 0) is 94.1 Å². The quantitative estimate of drug-likeness (QED) is 0.109. The largest absolute Gasteiger partial charge is 0.480 e. The van der Waals surface area contributed by atoms with Crippen molar-refractivity contribution >= 4 is 46.3 Å². The molecule has 332 valence electrons. The molecule has 4 N–H and O–H groups in total. The Morgan fingerprint density at radius 1 is 0.984 bits per heavy atom. The third kappa shape index (κ3) is 9.41. The van der Waals surface area contributed by atoms with Gasteiger partial charge in [0, 0.05) is 50.5 Å². The number of morpholine rings is 1. The zero-order valence-corrected chi connectivity index (χ0v) is 34.6. The number of alkyl halides is 2. The number of carbonyl (C=O) groups is 3. The average molecular weight is 869 g/mol. The van der Waals surface area contributed by atoms with Crippen LogP contribution < -0.4 is 31.3 Å². The summed E-state index contributed by atoms with van der Waals surface area (Å²) in [4.78, 5) is 63.4. The minimum Gasteiger partial charge on any atom is -0.480 e. The predicted octanol–water partition coefficient (Wildman–Crippen LogP) is 4.15. The predicted molar refractivity (Wildman–Crippen MR) is 227 cm³/mol. The van der Waals surface area contributed by atoms with Crippen molar-refractivity contribution in [1.82, 2.24) is 39.2 Å². The number of nitrogens with one attached hydrogen (secondary N) is 3. The van der Waals surface area contributed by atoms with Crippen molar-refractivity contribution < 1.29 is 33.0 Å². The summed E-state index contributed by atoms with van der Waals surface area (Å²) < 4.78 is 38.4. The number of aromatic nitrogens is 7. The van der Waals surface area contributed by atoms with E-state index in [1.165, 1.54) is 35.2 Å². The van der Waals surface area contributed by atoms with E-state index < -0.39 is 36.1 Å². The maximum atomic E-state index is 14.3. The third-order valence-electron chi connectivity index (χ3n) is 12.7. The van der Waals surface area contributed by atoms with E-state index in [9.17, 15) is 28.0 Å². The molecule has 2 bridgehead atoms. The van der Waals surface area contributed by atoms with Crippen LogP contribution in [0, 0.1) is 11.8 Å². The number of amides is 2. The number of piperidine rings is 1. The molecule has 5 aromatic rings. The number of ether oxygens (including phenoxy) is 1. The topological polar surface area (TPSA) is 206 Å². The third-order valence-corrected chi connectivity index (χ3v) is 12.7. The molecular weight excluding hydrogens is 819 g/mol. The highest BCUT2D eigenvalue weighted by Gasteiger charge is 2.40. The molecule has 18 nitrogen and oxygen atoms in total. The van der Waals surface area contributed by atoms with Gasteiger partial charge in [0.2, 0.25) is 5.91 Å². The van der Waals surface area contributed by atoms with E-state index in [0.29, 0.717) is 36.8 Å². The molecule has 4 fully saturated rings. The molecule has 3 atom stereocenters. The molecule has 2 amide bonds. The molecular formula is C43H50F2N12O6. The summed E-state index contributed by atoms with van der Waals surface area (Å²) in [6, 6.07) is 6.85. The standard InChI is InChI=1S/C43H50F2N12O6/c44-40(45)39-35(50-43(62)34-19-48-56-13-10-36(51-41(34)56)55-22-33-15-32(55)25-63-33)23-57(52-39)30-6-3-26(4-7-30)16-46-11-9-27-14-31(18-47-17-27)53-12-1-2-28(20-53)42(61)49-29-5-8-37(58)54(21-29)24-38(59)60/h5,8,10,13-14,17-19,21,23,26,28,30,32-33,40,46H,1-4,6-7,9,11-12,15-16,20,22,24-25H2,(H,49,61)(H,50,62)(H,59,60)/t26?,28-,30?,32+,33+/m0/s1. The van der Waals surface area contributed by atoms with Crippen LogP contribution in [0.1, 0.15) is 79.0 Å². The van der Waals surface area contributed by atoms with Crippen LogP contribution in [-0.2, 0) is 27.3 Å². The lowest BCUT2D eigenvalue weighted by molar-refractivity contribution is -0.137. The number of nitrogens with zero attached hydrogens (tertiary/aromatic N) is 9. The maximum Gasteiger partial charge on any atom is 0.323 e. The number of anilines is 4. The number of carboxylic acids is 1. The SMILES string of the molecule is O=C(O)Cn1cc(NC(=O)[C@H]2CCCN(c3cncc(CCNCC4CCC(n5cc(NC(=O)c6cnn7ccc(N8C[C@H]9C[C@@H]8CO9)nc67)c(C(F)F)n5)CC4)c3)C2)ccc1=O. The van der Waals surface area contributed by atoms with Crippen LogP contribution >= 0.6 is 0 Å². The van der Waals surface area contributed by atoms with Crippen LogP contribution in [0.2, 0.25) is 0 Å². The van der Waals surface area contributed by atoms with Gasteiger partial charge in [0.15, 0.2) is 11.3 Å². The van der Waals surface area contributed by atoms with Crippen LogP contribution in [-0.4, -0.2) is 108 Å². The second-order valence-corrected chi connectivity index (χ2v) is 17.0. The first-order valence-electron chi connectivity index (χ1n) is 21.6. The molecule has 0 unspecified atom stereocenters. The zero-order valence-electron chi connectivity index (χ0n) is 34.6. The number of pyridine rings is 2. The van der Waals surface area contributed by atoms with Crippen LogP contribution in [0.5, 0.6) is 0 Å². The smallest absolute Gasteiger partial charge is 0.323 e. The number of hydrogen-bond acceptors (Lipinski definition) is 12. The summed E-state index contributed by atoms with van der Waals surface area (Å²) >= 11 is 0. The van der Waals surface area contributed by atoms with E-state index in [1.54, 1.807) is 17.1 Å². The van der Waals surface area contributed by atoms with Crippen LogP contribution in [0.3, 0.4) is 0 Å². The maximum absolute atomic E-state index is 14.3. The Labute approximate surface area is 360 Å². The van der Waals surface area contributed by atoms with Gasteiger partial charge in [-0.3, -0.25) is 28.8 Å². The van der Waals surface area contributed by atoms with Crippen molar-refractivity contribution in [3.05, 3.63) is 88.6 Å². The van der Waals surface area contributed by atoms with Gasteiger partial charge in [-0.1, -0.05) is 0 Å². The van der Waals surface area contributed by atoms with E-state index in [1.807, 2.05) is 12.3 Å². The number of fused-ring (bicyclic) bond motifs is 3. The summed E-state index contributed by atoms with van der Waals surface area (Å²) in [7, 11) is 0. The Kier molecular flexibility index (Phi) is 12.2. The molecule has 20 heteroatoms. The highest BCUT2D eigenvalue weighted by Crippen LogP contribution is 2.36. The molecule has 3 aliphatic heterocycles. The second kappa shape index (κ2) is 18.2. The lowest BCUT2D eigenvalue weighted by atomic mass is 9.86. The van der Waals surface area contributed by atoms with Crippen LogP contribution in [0.15, 0.2) is 66.2 Å². The van der Waals surface area contributed by atoms with E-state index in [0.717, 1.165) is 92.8 Å². The summed E-state index contributed by atoms with van der Waals surface area (Å²) in [5.41, 5.74) is 1.96. The summed E-state index contributed by atoms with van der Waals surface area (Å²) in [6.07, 6.45) is 13.5. The van der Waals surface area contributed by atoms with Gasteiger partial charge in [-0.15, -0.1) is 0 Å². The summed E-state index contributed by atoms with van der Waals surface area (Å²) in [5, 5.41) is 26.7. The molecule has 0 spiro atoms. The second-order valence-electron chi connectivity index (χ2n) is 17.0. The van der Waals surface area contributed by atoms with Crippen molar-refractivity contribution in [2.45, 2.75) is 82.5 Å². The van der Waals surface area contributed by atoms with Gasteiger partial charge >= 0.3 is 5.97 Å². The minimum absolute atomic E-state index is 0.0233. The van der Waals surface area contributed by atoms with E-state index in [2.05, 4.69) is 47.0 Å². The van der Waals surface area contributed by atoms with Gasteiger partial charge in [0.1, 0.15) is 17.9 Å². The van der Waals surface area contributed by atoms with E-state index in [-0.39, 0.29) is 41.3 Å². The van der Waals surface area contributed by atoms with E-state index >= 15 is 0 Å². The van der Waals surface area contributed by atoms with Crippen molar-refractivity contribution in [1.29, 1.82) is 0 Å². The molecule has 4 aliphatic rings. The Morgan fingerprint density at radius 2 is 1.84 bits per heavy atom. The zero-order chi connectivity index (χ0) is 43.6. The molecule has 1 aliphatic carbocycles. The van der Waals surface area contributed by atoms with Crippen molar-refractivity contribution in [2.75, 3.05) is 59.8 Å². The van der Waals surface area contributed by atoms with Crippen LogP contribution in [0.25, 0.3) is 5.65 Å². The molecule has 63 heavy (non-hydrogen) atoms. The number of halogens is 2. The van der Waals surface area contributed by atoms with Gasteiger partial charge in [0.25, 0.3) is 17.9 Å². The Morgan fingerprint density at radius 3 is 2.62 bits per heavy atom. The fourth-order valence-corrected chi connectivity index (χ4v) is 9.38. The lowest BCUT2D eigenvalue weighted by Crippen LogP contribution is -2.41. The van der Waals surface area contributed by atoms with Crippen molar-refractivity contribution in [2.24, 2.45) is 11.8 Å². The lowest BCUT2D eigenvalue weighted by Gasteiger charge is -2.33. The highest BCUT2D eigenvalue weighted by molar-refractivity contribution is 6.08. The number of carboxylic acid groups (broad SMARTS) is 1. The normalized spacial score (nSPS) is 22.2. The number of hydrogen-bond donors (Lipinski definition) is 4. The molecule has 0 aromatic carbocycles. The Bertz CT molecular complexity index is 2540. The number of rotatable bonds is 15. The minimum atomic E-state index is -2.87. The van der Waals surface area contributed by atoms with Gasteiger partial charge in [-0.2, -0.15) is 10.2 Å². The molecule has 5 aromatic heterocycles. The first-order chi connectivity index (χ1) is 30.5. The van der Waals surface area contributed by atoms with Crippen LogP contribution in [0.4, 0.5) is 31.7 Å². The Balaban J connectivity index is 0.738. The van der Waals surface area contributed by atoms with Crippen molar-refractivity contribution in [3.8, 4) is 0 Å². The van der Waals surface area contributed by atoms with Gasteiger partial charge in [0.05, 0.1) is 60.2 Å². The first kappa shape index (κ1) is 42.0. The Hall–Kier alpha value is -6.28. The molecule has 9 rings (SSSR count).